The number of amides is 2. The van der Waals surface area contributed by atoms with Crippen LogP contribution in [-0.2, 0) is 22.5 Å². The van der Waals surface area contributed by atoms with Gasteiger partial charge in [-0.3, -0.25) is 15.0 Å². The number of thiazole rings is 1. The Labute approximate surface area is 169 Å². The summed E-state index contributed by atoms with van der Waals surface area (Å²) in [5.74, 6) is -0.0205. The zero-order chi connectivity index (χ0) is 20.3. The van der Waals surface area contributed by atoms with E-state index in [-0.39, 0.29) is 5.91 Å². The third-order valence-corrected chi connectivity index (χ3v) is 5.60. The van der Waals surface area contributed by atoms with E-state index < -0.39 is 6.09 Å². The first-order valence-electron chi connectivity index (χ1n) is 9.38. The van der Waals surface area contributed by atoms with Crippen LogP contribution in [0.3, 0.4) is 0 Å². The zero-order valence-electron chi connectivity index (χ0n) is 16.7. The van der Waals surface area contributed by atoms with E-state index in [1.807, 2.05) is 13.8 Å². The van der Waals surface area contributed by atoms with Crippen LogP contribution in [0.2, 0.25) is 0 Å². The lowest BCUT2D eigenvalue weighted by Gasteiger charge is -2.25. The summed E-state index contributed by atoms with van der Waals surface area (Å²) in [6.07, 6.45) is 0.264. The fraction of sp³-hybridized carbons (Fsp3) is 0.450. The first-order valence-corrected chi connectivity index (χ1v) is 10.2. The van der Waals surface area contributed by atoms with Gasteiger partial charge in [0.05, 0.1) is 18.8 Å². The minimum Gasteiger partial charge on any atom is -0.450 e. The highest BCUT2D eigenvalue weighted by atomic mass is 32.1. The second-order valence-corrected chi connectivity index (χ2v) is 8.10. The summed E-state index contributed by atoms with van der Waals surface area (Å²) >= 11 is 1.43. The monoisotopic (exact) mass is 402 g/mol. The van der Waals surface area contributed by atoms with Crippen LogP contribution in [0.5, 0.6) is 0 Å². The molecule has 1 aliphatic rings. The number of aromatic nitrogens is 1. The van der Waals surface area contributed by atoms with Gasteiger partial charge in [0.2, 0.25) is 5.91 Å². The molecule has 0 saturated heterocycles. The molecule has 1 aliphatic heterocycles. The topological polar surface area (TPSA) is 83.6 Å². The molecule has 7 nitrogen and oxygen atoms in total. The second-order valence-electron chi connectivity index (χ2n) is 7.02. The molecule has 0 saturated carbocycles. The molecule has 0 radical (unpaired) electrons. The van der Waals surface area contributed by atoms with Gasteiger partial charge >= 0.3 is 6.09 Å². The molecule has 2 N–H and O–H groups in total. The number of anilines is 2. The number of benzene rings is 1. The Morgan fingerprint density at radius 1 is 1.21 bits per heavy atom. The van der Waals surface area contributed by atoms with Gasteiger partial charge < -0.3 is 10.1 Å². The Bertz CT molecular complexity index is 871. The van der Waals surface area contributed by atoms with Crippen LogP contribution in [-0.4, -0.2) is 41.6 Å². The van der Waals surface area contributed by atoms with Gasteiger partial charge in [0.15, 0.2) is 5.13 Å². The van der Waals surface area contributed by atoms with E-state index in [2.05, 4.69) is 39.6 Å². The molecule has 0 atom stereocenters. The Kier molecular flexibility index (Phi) is 6.31. The van der Waals surface area contributed by atoms with Crippen molar-refractivity contribution in [1.29, 1.82) is 0 Å². The van der Waals surface area contributed by atoms with Gasteiger partial charge in [0.25, 0.3) is 0 Å². The number of carbonyl (C=O) groups excluding carboxylic acids is 2. The Morgan fingerprint density at radius 3 is 2.61 bits per heavy atom. The molecular weight excluding hydrogens is 376 g/mol. The number of carbonyl (C=O) groups is 2. The number of aryl methyl sites for hydroxylation is 3. The van der Waals surface area contributed by atoms with Crippen molar-refractivity contribution in [3.05, 3.63) is 39.4 Å². The predicted molar refractivity (Wildman–Crippen MR) is 111 cm³/mol. The molecule has 0 bridgehead atoms. The Hall–Kier alpha value is -2.45. The van der Waals surface area contributed by atoms with Crippen LogP contribution < -0.4 is 10.6 Å². The van der Waals surface area contributed by atoms with Crippen molar-refractivity contribution in [2.45, 2.75) is 40.7 Å². The molecule has 2 heterocycles. The van der Waals surface area contributed by atoms with Crippen LogP contribution in [0.15, 0.2) is 12.1 Å². The third-order valence-electron chi connectivity index (χ3n) is 4.60. The number of ether oxygens (including phenoxy) is 1. The standard InChI is InChI=1S/C20H26N4O3S/c1-5-27-20(26)23-19-21-15-6-7-24(10-16(15)28-19)11-17(25)22-18-13(3)8-12(2)9-14(18)4/h8-9H,5-7,10-11H2,1-4H3,(H,22,25)(H,21,23,26). The molecular formula is C20H26N4O3S. The summed E-state index contributed by atoms with van der Waals surface area (Å²) in [7, 11) is 0. The molecule has 2 aromatic rings. The highest BCUT2D eigenvalue weighted by Crippen LogP contribution is 2.28. The zero-order valence-corrected chi connectivity index (χ0v) is 17.5. The van der Waals surface area contributed by atoms with Gasteiger partial charge in [0, 0.05) is 30.1 Å². The number of hydrogen-bond acceptors (Lipinski definition) is 6. The molecule has 0 aliphatic carbocycles. The first-order chi connectivity index (χ1) is 13.4. The molecule has 0 unspecified atom stereocenters. The van der Waals surface area contributed by atoms with Crippen molar-refractivity contribution in [1.82, 2.24) is 9.88 Å². The number of nitrogens with zero attached hydrogens (tertiary/aromatic N) is 2. The van der Waals surface area contributed by atoms with Crippen LogP contribution >= 0.6 is 11.3 Å². The summed E-state index contributed by atoms with van der Waals surface area (Å²) in [6, 6.07) is 4.15. The lowest BCUT2D eigenvalue weighted by molar-refractivity contribution is -0.117. The maximum atomic E-state index is 12.6. The second kappa shape index (κ2) is 8.70. The van der Waals surface area contributed by atoms with Crippen LogP contribution in [0.25, 0.3) is 0 Å². The SMILES string of the molecule is CCOC(=O)Nc1nc2c(s1)CN(CC(=O)Nc1c(C)cc(C)cc1C)CC2. The number of fused-ring (bicyclic) bond motifs is 1. The van der Waals surface area contributed by atoms with Gasteiger partial charge in [-0.05, 0) is 38.8 Å². The normalized spacial score (nSPS) is 13.7. The predicted octanol–water partition coefficient (Wildman–Crippen LogP) is 3.63. The Balaban J connectivity index is 1.59. The van der Waals surface area contributed by atoms with Crippen molar-refractivity contribution >= 4 is 34.2 Å². The molecule has 8 heteroatoms. The van der Waals surface area contributed by atoms with Gasteiger partial charge in [-0.15, -0.1) is 0 Å². The molecule has 3 rings (SSSR count). The summed E-state index contributed by atoms with van der Waals surface area (Å²) < 4.78 is 4.89. The van der Waals surface area contributed by atoms with E-state index in [0.717, 1.165) is 40.4 Å². The average molecular weight is 403 g/mol. The maximum Gasteiger partial charge on any atom is 0.413 e. The number of hydrogen-bond donors (Lipinski definition) is 2. The van der Waals surface area contributed by atoms with Crippen LogP contribution in [0.1, 0.15) is 34.2 Å². The highest BCUT2D eigenvalue weighted by Gasteiger charge is 2.23. The molecule has 28 heavy (non-hydrogen) atoms. The maximum absolute atomic E-state index is 12.6. The summed E-state index contributed by atoms with van der Waals surface area (Å²) in [4.78, 5) is 31.8. The quantitative estimate of drug-likeness (QED) is 0.798. The van der Waals surface area contributed by atoms with Crippen molar-refractivity contribution in [2.24, 2.45) is 0 Å². The lowest BCUT2D eigenvalue weighted by atomic mass is 10.1. The smallest absolute Gasteiger partial charge is 0.413 e. The van der Waals surface area contributed by atoms with Gasteiger partial charge in [0.1, 0.15) is 0 Å². The fourth-order valence-corrected chi connectivity index (χ4v) is 4.49. The van der Waals surface area contributed by atoms with Gasteiger partial charge in [-0.2, -0.15) is 0 Å². The highest BCUT2D eigenvalue weighted by molar-refractivity contribution is 7.15. The largest absolute Gasteiger partial charge is 0.450 e. The molecule has 0 spiro atoms. The van der Waals surface area contributed by atoms with E-state index >= 15 is 0 Å². The molecule has 0 fully saturated rings. The Morgan fingerprint density at radius 2 is 1.93 bits per heavy atom. The first kappa shape index (κ1) is 20.3. The van der Waals surface area contributed by atoms with E-state index in [4.69, 9.17) is 4.74 Å². The van der Waals surface area contributed by atoms with E-state index in [1.165, 1.54) is 16.9 Å². The van der Waals surface area contributed by atoms with Crippen LogP contribution in [0, 0.1) is 20.8 Å². The summed E-state index contributed by atoms with van der Waals surface area (Å²) in [5.41, 5.74) is 5.22. The van der Waals surface area contributed by atoms with E-state index in [0.29, 0.717) is 24.8 Å². The average Bonchev–Trinajstić information content (AvgIpc) is 2.99. The lowest BCUT2D eigenvalue weighted by Crippen LogP contribution is -2.36. The fourth-order valence-electron chi connectivity index (χ4n) is 3.45. The summed E-state index contributed by atoms with van der Waals surface area (Å²) in [6.45, 7) is 9.89. The number of rotatable bonds is 5. The molecule has 150 valence electrons. The van der Waals surface area contributed by atoms with E-state index in [9.17, 15) is 9.59 Å². The summed E-state index contributed by atoms with van der Waals surface area (Å²) in [5, 5.41) is 6.25. The molecule has 2 amide bonds. The molecule has 1 aromatic heterocycles. The van der Waals surface area contributed by atoms with Crippen molar-refractivity contribution in [3.63, 3.8) is 0 Å². The minimum atomic E-state index is -0.492. The van der Waals surface area contributed by atoms with E-state index in [1.54, 1.807) is 6.92 Å². The third kappa shape index (κ3) is 4.88. The molecule has 1 aromatic carbocycles. The number of nitrogens with one attached hydrogen (secondary N) is 2. The van der Waals surface area contributed by atoms with Crippen molar-refractivity contribution in [2.75, 3.05) is 30.3 Å². The van der Waals surface area contributed by atoms with Gasteiger partial charge in [-0.1, -0.05) is 29.0 Å². The van der Waals surface area contributed by atoms with Crippen LogP contribution in [0.4, 0.5) is 15.6 Å². The van der Waals surface area contributed by atoms with Crippen molar-refractivity contribution in [3.8, 4) is 0 Å². The van der Waals surface area contributed by atoms with Gasteiger partial charge in [-0.25, -0.2) is 9.78 Å². The van der Waals surface area contributed by atoms with Crippen molar-refractivity contribution < 1.29 is 14.3 Å². The minimum absolute atomic E-state index is 0.0205.